The Bertz CT molecular complexity index is 1610. The van der Waals surface area contributed by atoms with Gasteiger partial charge < -0.3 is 18.9 Å². The summed E-state index contributed by atoms with van der Waals surface area (Å²) in [7, 11) is 1.52. The van der Waals surface area contributed by atoms with Crippen molar-refractivity contribution in [2.24, 2.45) is 0 Å². The summed E-state index contributed by atoms with van der Waals surface area (Å²) in [5.74, 6) is -0.644. The van der Waals surface area contributed by atoms with Gasteiger partial charge in [-0.05, 0) is 79.4 Å². The van der Waals surface area contributed by atoms with Crippen LogP contribution in [0, 0.1) is 6.92 Å². The Hall–Kier alpha value is -4.57. The van der Waals surface area contributed by atoms with Gasteiger partial charge >= 0.3 is 12.3 Å². The molecule has 7 nitrogen and oxygen atoms in total. The van der Waals surface area contributed by atoms with Crippen LogP contribution in [-0.4, -0.2) is 49.2 Å². The number of rotatable bonds is 12. The lowest BCUT2D eigenvalue weighted by Crippen LogP contribution is -2.29. The van der Waals surface area contributed by atoms with Gasteiger partial charge in [0.2, 0.25) is 0 Å². The van der Waals surface area contributed by atoms with Gasteiger partial charge in [-0.1, -0.05) is 36.9 Å². The maximum absolute atomic E-state index is 13.7. The molecule has 1 aromatic heterocycles. The average molecular weight is 596 g/mol. The fraction of sp³-hybridized carbons (Fsp3) is 0.273. The Balaban J connectivity index is 1.74. The molecule has 10 heteroatoms. The molecule has 0 saturated carbocycles. The minimum atomic E-state index is -4.87. The van der Waals surface area contributed by atoms with E-state index in [2.05, 4.69) is 11.3 Å². The largest absolute Gasteiger partial charge is 0.573 e. The first-order valence-corrected chi connectivity index (χ1v) is 13.6. The van der Waals surface area contributed by atoms with Gasteiger partial charge in [0, 0.05) is 29.7 Å². The second-order valence-electron chi connectivity index (χ2n) is 9.72. The molecule has 4 aromatic rings. The van der Waals surface area contributed by atoms with E-state index in [0.717, 1.165) is 11.1 Å². The number of carbonyl (C=O) groups is 2. The normalized spacial score (nSPS) is 12.1. The number of hydrogen-bond donors (Lipinski definition) is 0. The lowest BCUT2D eigenvalue weighted by Gasteiger charge is -2.16. The number of methoxy groups -OCH3 is 1. The van der Waals surface area contributed by atoms with Crippen LogP contribution in [0.15, 0.2) is 79.4 Å². The van der Waals surface area contributed by atoms with Crippen molar-refractivity contribution in [2.45, 2.75) is 39.2 Å². The second kappa shape index (κ2) is 13.6. The van der Waals surface area contributed by atoms with E-state index in [1.807, 2.05) is 24.3 Å². The summed E-state index contributed by atoms with van der Waals surface area (Å²) in [4.78, 5) is 26.2. The van der Waals surface area contributed by atoms with Crippen molar-refractivity contribution in [3.8, 4) is 11.5 Å². The summed E-state index contributed by atoms with van der Waals surface area (Å²) >= 11 is 0. The first-order valence-electron chi connectivity index (χ1n) is 13.6. The van der Waals surface area contributed by atoms with Crippen LogP contribution in [0.3, 0.4) is 0 Å². The molecular formula is C33H32F3NO6. The molecule has 226 valence electrons. The fourth-order valence-electron chi connectivity index (χ4n) is 4.94. The zero-order chi connectivity index (χ0) is 31.1. The number of benzene rings is 3. The van der Waals surface area contributed by atoms with Crippen molar-refractivity contribution in [3.63, 3.8) is 0 Å². The molecule has 1 heterocycles. The molecule has 0 spiro atoms. The highest BCUT2D eigenvalue weighted by Gasteiger charge is 2.32. The van der Waals surface area contributed by atoms with E-state index in [4.69, 9.17) is 14.2 Å². The SMILES string of the molecule is C=CCOC(=O)C(Cc1cccc(Cc2c(C)n(C(=O)c3ccc(OC)cc3)c3ccc(OC(F)(F)F)cc23)c1)OCC. The molecule has 1 atom stereocenters. The molecule has 4 rings (SSSR count). The highest BCUT2D eigenvalue weighted by Crippen LogP contribution is 2.34. The molecule has 0 amide bonds. The lowest BCUT2D eigenvalue weighted by atomic mass is 9.98. The van der Waals surface area contributed by atoms with Crippen LogP contribution >= 0.6 is 0 Å². The maximum Gasteiger partial charge on any atom is 0.573 e. The van der Waals surface area contributed by atoms with Crippen LogP contribution in [0.2, 0.25) is 0 Å². The van der Waals surface area contributed by atoms with Gasteiger partial charge in [0.05, 0.1) is 12.6 Å². The monoisotopic (exact) mass is 595 g/mol. The third kappa shape index (κ3) is 7.64. The molecule has 0 aliphatic rings. The van der Waals surface area contributed by atoms with Crippen LogP contribution < -0.4 is 9.47 Å². The molecule has 1 unspecified atom stereocenters. The summed E-state index contributed by atoms with van der Waals surface area (Å²) in [5.41, 5.74) is 3.70. The standard InChI is InChI=1S/C33H32F3NO6/c1-5-16-42-32(39)30(41-6-2)19-23-9-7-8-22(17-23)18-27-21(3)37(31(38)24-10-12-25(40-4)13-11-24)29-15-14-26(20-28(27)29)43-33(34,35)36/h5,7-15,17,20,30H,1,6,16,18-19H2,2-4H3. The molecule has 43 heavy (non-hydrogen) atoms. The number of ether oxygens (including phenoxy) is 4. The minimum absolute atomic E-state index is 0.0705. The smallest absolute Gasteiger partial charge is 0.497 e. The zero-order valence-electron chi connectivity index (χ0n) is 24.1. The van der Waals surface area contributed by atoms with Crippen LogP contribution in [0.1, 0.15) is 39.7 Å². The van der Waals surface area contributed by atoms with Crippen molar-refractivity contribution in [2.75, 3.05) is 20.3 Å². The van der Waals surface area contributed by atoms with E-state index in [9.17, 15) is 22.8 Å². The third-order valence-corrected chi connectivity index (χ3v) is 6.85. The number of carbonyl (C=O) groups excluding carboxylic acids is 2. The number of fused-ring (bicyclic) bond motifs is 1. The number of halogens is 3. The molecule has 0 radical (unpaired) electrons. The summed E-state index contributed by atoms with van der Waals surface area (Å²) in [5, 5.41) is 0.451. The molecule has 0 bridgehead atoms. The molecule has 0 aliphatic carbocycles. The topological polar surface area (TPSA) is 76.0 Å². The Morgan fingerprint density at radius 3 is 2.35 bits per heavy atom. The number of esters is 1. The molecule has 0 saturated heterocycles. The van der Waals surface area contributed by atoms with Crippen molar-refractivity contribution < 1.29 is 41.7 Å². The van der Waals surface area contributed by atoms with Crippen LogP contribution in [-0.2, 0) is 27.1 Å². The predicted molar refractivity (Wildman–Crippen MR) is 156 cm³/mol. The summed E-state index contributed by atoms with van der Waals surface area (Å²) in [6.07, 6.45) is -3.65. The van der Waals surface area contributed by atoms with E-state index >= 15 is 0 Å². The summed E-state index contributed by atoms with van der Waals surface area (Å²) < 4.78 is 60.9. The molecule has 0 N–H and O–H groups in total. The van der Waals surface area contributed by atoms with Gasteiger partial charge in [-0.25, -0.2) is 4.79 Å². The van der Waals surface area contributed by atoms with Crippen molar-refractivity contribution in [1.29, 1.82) is 0 Å². The van der Waals surface area contributed by atoms with Gasteiger partial charge in [-0.3, -0.25) is 9.36 Å². The van der Waals surface area contributed by atoms with Gasteiger partial charge in [-0.15, -0.1) is 13.2 Å². The molecule has 3 aromatic carbocycles. The summed E-state index contributed by atoms with van der Waals surface area (Å²) in [6, 6.07) is 18.0. The molecular weight excluding hydrogens is 563 g/mol. The Morgan fingerprint density at radius 2 is 1.70 bits per heavy atom. The van der Waals surface area contributed by atoms with E-state index in [1.54, 1.807) is 38.1 Å². The van der Waals surface area contributed by atoms with E-state index < -0.39 is 18.4 Å². The number of alkyl halides is 3. The highest BCUT2D eigenvalue weighted by atomic mass is 19.4. The highest BCUT2D eigenvalue weighted by molar-refractivity contribution is 6.04. The van der Waals surface area contributed by atoms with Crippen molar-refractivity contribution in [1.82, 2.24) is 4.57 Å². The summed E-state index contributed by atoms with van der Waals surface area (Å²) in [6.45, 7) is 7.48. The van der Waals surface area contributed by atoms with E-state index in [1.165, 1.54) is 36.0 Å². The van der Waals surface area contributed by atoms with Gasteiger partial charge in [0.1, 0.15) is 18.1 Å². The quantitative estimate of drug-likeness (QED) is 0.132. The maximum atomic E-state index is 13.7. The molecule has 0 aliphatic heterocycles. The third-order valence-electron chi connectivity index (χ3n) is 6.85. The van der Waals surface area contributed by atoms with Gasteiger partial charge in [-0.2, -0.15) is 0 Å². The van der Waals surface area contributed by atoms with Crippen LogP contribution in [0.5, 0.6) is 11.5 Å². The Labute approximate surface area is 247 Å². The lowest BCUT2D eigenvalue weighted by molar-refractivity contribution is -0.274. The second-order valence-corrected chi connectivity index (χ2v) is 9.72. The zero-order valence-corrected chi connectivity index (χ0v) is 24.1. The average Bonchev–Trinajstić information content (AvgIpc) is 3.24. The Morgan fingerprint density at radius 1 is 1.00 bits per heavy atom. The van der Waals surface area contributed by atoms with Crippen molar-refractivity contribution in [3.05, 3.63) is 107 Å². The number of hydrogen-bond acceptors (Lipinski definition) is 6. The first kappa shape index (κ1) is 31.4. The fourth-order valence-corrected chi connectivity index (χ4v) is 4.94. The Kier molecular flexibility index (Phi) is 9.92. The minimum Gasteiger partial charge on any atom is -0.497 e. The van der Waals surface area contributed by atoms with Crippen molar-refractivity contribution >= 4 is 22.8 Å². The van der Waals surface area contributed by atoms with Crippen LogP contribution in [0.25, 0.3) is 10.9 Å². The number of nitrogens with zero attached hydrogens (tertiary/aromatic N) is 1. The van der Waals surface area contributed by atoms with Crippen LogP contribution in [0.4, 0.5) is 13.2 Å². The van der Waals surface area contributed by atoms with E-state index in [0.29, 0.717) is 46.5 Å². The first-order chi connectivity index (χ1) is 20.5. The van der Waals surface area contributed by atoms with E-state index in [-0.39, 0.29) is 24.7 Å². The van der Waals surface area contributed by atoms with Gasteiger partial charge in [0.25, 0.3) is 5.91 Å². The molecule has 0 fully saturated rings. The predicted octanol–water partition coefficient (Wildman–Crippen LogP) is 6.81. The number of aromatic nitrogens is 1. The van der Waals surface area contributed by atoms with Gasteiger partial charge in [0.15, 0.2) is 6.10 Å².